The normalized spacial score (nSPS) is 18.8. The standard InChI is InChI=1S/C18H24N4O3/c1-12-4-6-15(7-5-12)16-19-17(25-20-16)13(2)21-8-10-22(11-9-21)14(3)18(23)24/h4-7,13-14H,8-11H2,1-3H3,(H,23,24). The highest BCUT2D eigenvalue weighted by molar-refractivity contribution is 5.72. The number of hydrogen-bond donors (Lipinski definition) is 1. The number of piperazine rings is 1. The number of aliphatic carboxylic acids is 1. The van der Waals surface area contributed by atoms with Crippen molar-refractivity contribution >= 4 is 5.97 Å². The molecule has 1 fully saturated rings. The largest absolute Gasteiger partial charge is 0.480 e. The van der Waals surface area contributed by atoms with Crippen LogP contribution in [-0.4, -0.2) is 63.2 Å². The number of hydrogen-bond acceptors (Lipinski definition) is 6. The lowest BCUT2D eigenvalue weighted by atomic mass is 10.1. The molecule has 0 bridgehead atoms. The number of carboxylic acid groups (broad SMARTS) is 1. The summed E-state index contributed by atoms with van der Waals surface area (Å²) in [5, 5.41) is 13.2. The molecule has 2 atom stereocenters. The molecule has 3 rings (SSSR count). The van der Waals surface area contributed by atoms with Crippen LogP contribution in [0, 0.1) is 6.92 Å². The quantitative estimate of drug-likeness (QED) is 0.890. The molecular weight excluding hydrogens is 320 g/mol. The first-order chi connectivity index (χ1) is 12.0. The van der Waals surface area contributed by atoms with Crippen LogP contribution in [-0.2, 0) is 4.79 Å². The molecule has 25 heavy (non-hydrogen) atoms. The molecule has 2 aromatic rings. The van der Waals surface area contributed by atoms with E-state index in [1.165, 1.54) is 5.56 Å². The second-order valence-corrected chi connectivity index (χ2v) is 6.58. The highest BCUT2D eigenvalue weighted by atomic mass is 16.5. The maximum absolute atomic E-state index is 11.1. The van der Waals surface area contributed by atoms with Crippen LogP contribution in [0.5, 0.6) is 0 Å². The summed E-state index contributed by atoms with van der Waals surface area (Å²) in [4.78, 5) is 19.9. The number of benzene rings is 1. The fourth-order valence-electron chi connectivity index (χ4n) is 3.05. The Kier molecular flexibility index (Phi) is 5.15. The molecule has 0 amide bonds. The second-order valence-electron chi connectivity index (χ2n) is 6.58. The third-order valence-corrected chi connectivity index (χ3v) is 4.91. The molecule has 134 valence electrons. The fraction of sp³-hybridized carbons (Fsp3) is 0.500. The maximum atomic E-state index is 11.1. The topological polar surface area (TPSA) is 82.7 Å². The first-order valence-corrected chi connectivity index (χ1v) is 8.57. The van der Waals surface area contributed by atoms with Crippen LogP contribution in [0.2, 0.25) is 0 Å². The van der Waals surface area contributed by atoms with Crippen LogP contribution >= 0.6 is 0 Å². The van der Waals surface area contributed by atoms with Crippen molar-refractivity contribution < 1.29 is 14.4 Å². The van der Waals surface area contributed by atoms with Crippen LogP contribution in [0.1, 0.15) is 31.3 Å². The average Bonchev–Trinajstić information content (AvgIpc) is 3.11. The van der Waals surface area contributed by atoms with Crippen LogP contribution in [0.25, 0.3) is 11.4 Å². The molecule has 0 saturated carbocycles. The summed E-state index contributed by atoms with van der Waals surface area (Å²) in [6.07, 6.45) is 0. The Morgan fingerprint density at radius 1 is 1.12 bits per heavy atom. The van der Waals surface area contributed by atoms with Gasteiger partial charge in [-0.2, -0.15) is 4.98 Å². The average molecular weight is 344 g/mol. The van der Waals surface area contributed by atoms with Crippen LogP contribution in [0.4, 0.5) is 0 Å². The van der Waals surface area contributed by atoms with E-state index in [9.17, 15) is 4.79 Å². The molecule has 0 spiro atoms. The van der Waals surface area contributed by atoms with Crippen molar-refractivity contribution in [3.63, 3.8) is 0 Å². The number of rotatable bonds is 5. The van der Waals surface area contributed by atoms with Crippen molar-refractivity contribution in [2.75, 3.05) is 26.2 Å². The summed E-state index contributed by atoms with van der Waals surface area (Å²) in [5.41, 5.74) is 2.13. The Morgan fingerprint density at radius 3 is 2.32 bits per heavy atom. The number of carboxylic acids is 1. The molecule has 1 aliphatic heterocycles. The lowest BCUT2D eigenvalue weighted by Gasteiger charge is -2.38. The molecule has 0 radical (unpaired) electrons. The fourth-order valence-corrected chi connectivity index (χ4v) is 3.05. The minimum atomic E-state index is -0.777. The predicted octanol–water partition coefficient (Wildman–Crippen LogP) is 2.20. The molecule has 2 unspecified atom stereocenters. The molecule has 1 aromatic heterocycles. The highest BCUT2D eigenvalue weighted by Gasteiger charge is 2.29. The minimum Gasteiger partial charge on any atom is -0.480 e. The molecule has 1 N–H and O–H groups in total. The summed E-state index contributed by atoms with van der Waals surface area (Å²) in [6.45, 7) is 8.81. The Labute approximate surface area is 147 Å². The van der Waals surface area contributed by atoms with Gasteiger partial charge in [-0.15, -0.1) is 0 Å². The number of aromatic nitrogens is 2. The minimum absolute atomic E-state index is 0.00832. The van der Waals surface area contributed by atoms with Gasteiger partial charge in [0.15, 0.2) is 0 Å². The van der Waals surface area contributed by atoms with Gasteiger partial charge in [0.25, 0.3) is 0 Å². The first-order valence-electron chi connectivity index (χ1n) is 8.57. The lowest BCUT2D eigenvalue weighted by molar-refractivity contribution is -0.143. The van der Waals surface area contributed by atoms with Gasteiger partial charge < -0.3 is 9.63 Å². The van der Waals surface area contributed by atoms with Crippen molar-refractivity contribution in [2.24, 2.45) is 0 Å². The van der Waals surface area contributed by atoms with Gasteiger partial charge in [0.1, 0.15) is 6.04 Å². The van der Waals surface area contributed by atoms with Crippen molar-refractivity contribution in [2.45, 2.75) is 32.9 Å². The van der Waals surface area contributed by atoms with Crippen LogP contribution < -0.4 is 0 Å². The Hall–Kier alpha value is -2.25. The van der Waals surface area contributed by atoms with Crippen LogP contribution in [0.3, 0.4) is 0 Å². The molecule has 1 aromatic carbocycles. The van der Waals surface area contributed by atoms with Gasteiger partial charge in [0.05, 0.1) is 6.04 Å². The van der Waals surface area contributed by atoms with Crippen molar-refractivity contribution in [1.82, 2.24) is 19.9 Å². The second kappa shape index (κ2) is 7.33. The van der Waals surface area contributed by atoms with Crippen LogP contribution in [0.15, 0.2) is 28.8 Å². The van der Waals surface area contributed by atoms with Gasteiger partial charge in [0.2, 0.25) is 11.7 Å². The maximum Gasteiger partial charge on any atom is 0.320 e. The Balaban J connectivity index is 1.63. The Morgan fingerprint density at radius 2 is 1.72 bits per heavy atom. The molecule has 0 aliphatic carbocycles. The van der Waals surface area contributed by atoms with Gasteiger partial charge in [-0.25, -0.2) is 0 Å². The molecular formula is C18H24N4O3. The first kappa shape index (κ1) is 17.6. The zero-order valence-corrected chi connectivity index (χ0v) is 14.8. The van der Waals surface area contributed by atoms with E-state index in [1.807, 2.05) is 43.0 Å². The van der Waals surface area contributed by atoms with Gasteiger partial charge >= 0.3 is 5.97 Å². The van der Waals surface area contributed by atoms with E-state index in [2.05, 4.69) is 15.0 Å². The summed E-state index contributed by atoms with van der Waals surface area (Å²) in [7, 11) is 0. The van der Waals surface area contributed by atoms with E-state index in [0.29, 0.717) is 11.7 Å². The van der Waals surface area contributed by atoms with Crippen molar-refractivity contribution in [3.8, 4) is 11.4 Å². The van der Waals surface area contributed by atoms with Crippen molar-refractivity contribution in [3.05, 3.63) is 35.7 Å². The summed E-state index contributed by atoms with van der Waals surface area (Å²) < 4.78 is 5.47. The predicted molar refractivity (Wildman–Crippen MR) is 93.1 cm³/mol. The van der Waals surface area contributed by atoms with Crippen molar-refractivity contribution in [1.29, 1.82) is 0 Å². The highest BCUT2D eigenvalue weighted by Crippen LogP contribution is 2.24. The molecule has 1 aliphatic rings. The third-order valence-electron chi connectivity index (χ3n) is 4.91. The van der Waals surface area contributed by atoms with Gasteiger partial charge in [-0.1, -0.05) is 35.0 Å². The van der Waals surface area contributed by atoms with E-state index in [-0.39, 0.29) is 6.04 Å². The molecule has 2 heterocycles. The van der Waals surface area contributed by atoms with Gasteiger partial charge in [0, 0.05) is 31.7 Å². The zero-order chi connectivity index (χ0) is 18.0. The number of aryl methyl sites for hydroxylation is 1. The van der Waals surface area contributed by atoms with E-state index in [1.54, 1.807) is 6.92 Å². The SMILES string of the molecule is Cc1ccc(-c2noc(C(C)N3CCN(C(C)C(=O)O)CC3)n2)cc1. The van der Waals surface area contributed by atoms with E-state index < -0.39 is 12.0 Å². The summed E-state index contributed by atoms with van der Waals surface area (Å²) >= 11 is 0. The Bertz CT molecular complexity index is 720. The van der Waals surface area contributed by atoms with E-state index in [4.69, 9.17) is 9.63 Å². The van der Waals surface area contributed by atoms with E-state index >= 15 is 0 Å². The molecule has 1 saturated heterocycles. The van der Waals surface area contributed by atoms with E-state index in [0.717, 1.165) is 31.7 Å². The third kappa shape index (κ3) is 3.88. The summed E-state index contributed by atoms with van der Waals surface area (Å²) in [6, 6.07) is 7.58. The summed E-state index contributed by atoms with van der Waals surface area (Å²) in [5.74, 6) is 0.413. The lowest BCUT2D eigenvalue weighted by Crippen LogP contribution is -2.52. The van der Waals surface area contributed by atoms with Gasteiger partial charge in [-0.3, -0.25) is 14.6 Å². The van der Waals surface area contributed by atoms with Gasteiger partial charge in [-0.05, 0) is 20.8 Å². The molecule has 7 heteroatoms. The number of nitrogens with zero attached hydrogens (tertiary/aromatic N) is 4. The molecule has 7 nitrogen and oxygen atoms in total. The zero-order valence-electron chi connectivity index (χ0n) is 14.8. The number of carbonyl (C=O) groups is 1. The smallest absolute Gasteiger partial charge is 0.320 e. The monoisotopic (exact) mass is 344 g/mol.